The highest BCUT2D eigenvalue weighted by molar-refractivity contribution is 5.94. The number of methoxy groups -OCH3 is 1. The second kappa shape index (κ2) is 9.62. The van der Waals surface area contributed by atoms with Gasteiger partial charge in [-0.15, -0.1) is 0 Å². The summed E-state index contributed by atoms with van der Waals surface area (Å²) >= 11 is 0. The summed E-state index contributed by atoms with van der Waals surface area (Å²) in [6.07, 6.45) is 7.46. The molecule has 0 saturated heterocycles. The molecule has 1 saturated carbocycles. The number of rotatable bonds is 7. The highest BCUT2D eigenvalue weighted by Crippen LogP contribution is 2.26. The summed E-state index contributed by atoms with van der Waals surface area (Å²) in [5.41, 5.74) is 6.25. The fraction of sp³-hybridized carbons (Fsp3) is 0.500. The van der Waals surface area contributed by atoms with Crippen LogP contribution in [0.3, 0.4) is 0 Å². The molecular weight excluding hydrogens is 428 g/mol. The minimum atomic E-state index is -0.0314. The minimum absolute atomic E-state index is 0.0314. The van der Waals surface area contributed by atoms with Crippen LogP contribution in [0, 0.1) is 6.92 Å². The Hall–Kier alpha value is -3.13. The quantitative estimate of drug-likeness (QED) is 0.584. The van der Waals surface area contributed by atoms with E-state index < -0.39 is 0 Å². The van der Waals surface area contributed by atoms with Crippen LogP contribution in [0.25, 0.3) is 0 Å². The number of ether oxygens (including phenoxy) is 1. The molecule has 1 amide bonds. The van der Waals surface area contributed by atoms with E-state index in [1.54, 1.807) is 7.11 Å². The number of amides is 1. The third-order valence-electron chi connectivity index (χ3n) is 7.12. The van der Waals surface area contributed by atoms with Gasteiger partial charge in [0.05, 0.1) is 19.3 Å². The molecule has 0 radical (unpaired) electrons. The lowest BCUT2D eigenvalue weighted by Crippen LogP contribution is -2.35. The van der Waals surface area contributed by atoms with Crippen LogP contribution >= 0.6 is 0 Å². The van der Waals surface area contributed by atoms with E-state index in [0.29, 0.717) is 12.2 Å². The van der Waals surface area contributed by atoms with E-state index >= 15 is 0 Å². The second-order valence-corrected chi connectivity index (χ2v) is 9.61. The molecule has 1 fully saturated rings. The maximum atomic E-state index is 13.3. The first-order valence-corrected chi connectivity index (χ1v) is 12.2. The van der Waals surface area contributed by atoms with E-state index in [1.807, 2.05) is 28.5 Å². The average Bonchev–Trinajstić information content (AvgIpc) is 3.54. The molecule has 2 aromatic heterocycles. The molecule has 1 N–H and O–H groups in total. The van der Waals surface area contributed by atoms with E-state index in [4.69, 9.17) is 9.84 Å². The van der Waals surface area contributed by atoms with Crippen LogP contribution in [0.1, 0.15) is 64.2 Å². The van der Waals surface area contributed by atoms with Crippen molar-refractivity contribution in [3.8, 4) is 5.75 Å². The van der Waals surface area contributed by atoms with Crippen LogP contribution in [-0.4, -0.2) is 50.1 Å². The Balaban J connectivity index is 1.41. The zero-order chi connectivity index (χ0) is 23.7. The summed E-state index contributed by atoms with van der Waals surface area (Å²) in [5, 5.41) is 12.6. The van der Waals surface area contributed by atoms with Crippen molar-refractivity contribution in [2.24, 2.45) is 7.05 Å². The maximum absolute atomic E-state index is 13.3. The van der Waals surface area contributed by atoms with Gasteiger partial charge < -0.3 is 10.1 Å². The van der Waals surface area contributed by atoms with Crippen molar-refractivity contribution < 1.29 is 9.53 Å². The van der Waals surface area contributed by atoms with Crippen molar-refractivity contribution in [3.63, 3.8) is 0 Å². The molecule has 2 aliphatic rings. The number of nitrogens with one attached hydrogen (secondary N) is 1. The molecule has 180 valence electrons. The molecular formula is C26H34N6O2. The van der Waals surface area contributed by atoms with Crippen LogP contribution in [0.2, 0.25) is 0 Å². The van der Waals surface area contributed by atoms with Gasteiger partial charge in [0.1, 0.15) is 5.75 Å². The van der Waals surface area contributed by atoms with E-state index in [9.17, 15) is 4.79 Å². The number of carbonyl (C=O) groups excluding carboxylic acids is 1. The summed E-state index contributed by atoms with van der Waals surface area (Å²) < 4.78 is 9.20. The predicted octanol–water partition coefficient (Wildman–Crippen LogP) is 3.21. The molecule has 34 heavy (non-hydrogen) atoms. The van der Waals surface area contributed by atoms with Crippen molar-refractivity contribution in [2.75, 3.05) is 13.7 Å². The van der Waals surface area contributed by atoms with Crippen molar-refractivity contribution in [1.29, 1.82) is 0 Å². The number of aromatic nitrogens is 4. The van der Waals surface area contributed by atoms with Gasteiger partial charge in [-0.25, -0.2) is 0 Å². The van der Waals surface area contributed by atoms with Gasteiger partial charge in [-0.1, -0.05) is 25.0 Å². The summed E-state index contributed by atoms with van der Waals surface area (Å²) in [6, 6.07) is 8.33. The average molecular weight is 463 g/mol. The number of nitrogens with zero attached hydrogens (tertiary/aromatic N) is 5. The van der Waals surface area contributed by atoms with Crippen LogP contribution in [-0.2, 0) is 33.1 Å². The van der Waals surface area contributed by atoms with Gasteiger partial charge in [0.25, 0.3) is 5.91 Å². The lowest BCUT2D eigenvalue weighted by molar-refractivity contribution is 0.0929. The number of hydrogen-bond donors (Lipinski definition) is 1. The summed E-state index contributed by atoms with van der Waals surface area (Å²) in [5.74, 6) is 0.806. The molecule has 1 aliphatic heterocycles. The molecule has 1 aromatic carbocycles. The van der Waals surface area contributed by atoms with Gasteiger partial charge in [0, 0.05) is 62.2 Å². The zero-order valence-electron chi connectivity index (χ0n) is 20.4. The number of benzene rings is 1. The Bertz CT molecular complexity index is 1160. The van der Waals surface area contributed by atoms with E-state index in [1.165, 1.54) is 24.1 Å². The van der Waals surface area contributed by atoms with Gasteiger partial charge in [-0.3, -0.25) is 19.1 Å². The van der Waals surface area contributed by atoms with E-state index in [0.717, 1.165) is 61.5 Å². The van der Waals surface area contributed by atoms with Crippen molar-refractivity contribution in [2.45, 2.75) is 64.7 Å². The highest BCUT2D eigenvalue weighted by Gasteiger charge is 2.30. The number of carbonyl (C=O) groups is 1. The third-order valence-corrected chi connectivity index (χ3v) is 7.12. The third kappa shape index (κ3) is 4.73. The molecule has 0 atom stereocenters. The molecule has 3 heterocycles. The predicted molar refractivity (Wildman–Crippen MR) is 130 cm³/mol. The van der Waals surface area contributed by atoms with Gasteiger partial charge >= 0.3 is 0 Å². The fourth-order valence-electron chi connectivity index (χ4n) is 5.27. The largest absolute Gasteiger partial charge is 0.497 e. The molecule has 1 aliphatic carbocycles. The van der Waals surface area contributed by atoms with Gasteiger partial charge in [-0.05, 0) is 37.5 Å². The number of fused-ring (bicyclic) bond motifs is 1. The molecule has 0 bridgehead atoms. The standard InChI is InChI=1S/C26H34N6O2/c1-18-20(15-30(2)28-18)16-31-13-12-24-23(17-31)25(26(33)27-21-6-4-5-7-21)29-32(24)14-19-8-10-22(34-3)11-9-19/h8-11,15,21H,4-7,12-14,16-17H2,1-3H3,(H,27,33). The smallest absolute Gasteiger partial charge is 0.272 e. The lowest BCUT2D eigenvalue weighted by Gasteiger charge is -2.27. The van der Waals surface area contributed by atoms with Crippen LogP contribution in [0.15, 0.2) is 30.5 Å². The molecule has 5 rings (SSSR count). The number of hydrogen-bond acceptors (Lipinski definition) is 5. The first kappa shape index (κ1) is 22.7. The fourth-order valence-corrected chi connectivity index (χ4v) is 5.27. The number of aryl methyl sites for hydroxylation is 2. The summed E-state index contributed by atoms with van der Waals surface area (Å²) in [7, 11) is 3.63. The normalized spacial score (nSPS) is 16.6. The maximum Gasteiger partial charge on any atom is 0.272 e. The molecule has 8 nitrogen and oxygen atoms in total. The molecule has 0 spiro atoms. The first-order valence-electron chi connectivity index (χ1n) is 12.2. The van der Waals surface area contributed by atoms with Crippen LogP contribution in [0.4, 0.5) is 0 Å². The Morgan fingerprint density at radius 3 is 2.59 bits per heavy atom. The molecule has 3 aromatic rings. The Morgan fingerprint density at radius 2 is 1.91 bits per heavy atom. The summed E-state index contributed by atoms with van der Waals surface area (Å²) in [4.78, 5) is 15.7. The molecule has 8 heteroatoms. The zero-order valence-corrected chi connectivity index (χ0v) is 20.4. The van der Waals surface area contributed by atoms with Crippen molar-refractivity contribution in [3.05, 3.63) is 64.2 Å². The van der Waals surface area contributed by atoms with E-state index in [-0.39, 0.29) is 11.9 Å². The second-order valence-electron chi connectivity index (χ2n) is 9.61. The van der Waals surface area contributed by atoms with E-state index in [2.05, 4.69) is 40.6 Å². The topological polar surface area (TPSA) is 77.2 Å². The van der Waals surface area contributed by atoms with Crippen molar-refractivity contribution >= 4 is 5.91 Å². The van der Waals surface area contributed by atoms with Gasteiger partial charge in [0.15, 0.2) is 5.69 Å². The monoisotopic (exact) mass is 462 g/mol. The van der Waals surface area contributed by atoms with Gasteiger partial charge in [0.2, 0.25) is 0 Å². The highest BCUT2D eigenvalue weighted by atomic mass is 16.5. The van der Waals surface area contributed by atoms with Gasteiger partial charge in [-0.2, -0.15) is 10.2 Å². The van der Waals surface area contributed by atoms with Crippen LogP contribution < -0.4 is 10.1 Å². The SMILES string of the molecule is COc1ccc(Cn2nc(C(=O)NC3CCCC3)c3c2CCN(Cc2cn(C)nc2C)C3)cc1. The van der Waals surface area contributed by atoms with Crippen LogP contribution in [0.5, 0.6) is 5.75 Å². The summed E-state index contributed by atoms with van der Waals surface area (Å²) in [6.45, 7) is 5.17. The molecule has 0 unspecified atom stereocenters. The minimum Gasteiger partial charge on any atom is -0.497 e. The lowest BCUT2D eigenvalue weighted by atomic mass is 10.0. The Labute approximate surface area is 200 Å². The van der Waals surface area contributed by atoms with Crippen molar-refractivity contribution in [1.82, 2.24) is 29.8 Å². The Kier molecular flexibility index (Phi) is 6.41. The first-order chi connectivity index (χ1) is 16.5. The Morgan fingerprint density at radius 1 is 1.15 bits per heavy atom.